The van der Waals surface area contributed by atoms with Gasteiger partial charge in [-0.1, -0.05) is 30.3 Å². The van der Waals surface area contributed by atoms with Crippen molar-refractivity contribution in [1.29, 1.82) is 0 Å². The first-order valence-corrected chi connectivity index (χ1v) is 10.4. The summed E-state index contributed by atoms with van der Waals surface area (Å²) in [6, 6.07) is 12.0. The number of Topliss-reactive ketones (excluding diaryl/α,β-unsaturated/α-hetero) is 2. The lowest BCUT2D eigenvalue weighted by molar-refractivity contribution is -0.118. The second-order valence-electron chi connectivity index (χ2n) is 8.27. The Morgan fingerprint density at radius 3 is 2.87 bits per heavy atom. The molecule has 0 amide bonds. The lowest BCUT2D eigenvalue weighted by Crippen LogP contribution is -2.36. The zero-order chi connectivity index (χ0) is 21.3. The normalized spacial score (nSPS) is 19.8. The number of hydrogen-bond donors (Lipinski definition) is 3. The smallest absolute Gasteiger partial charge is 0.526 e. The first kappa shape index (κ1) is 20.8. The summed E-state index contributed by atoms with van der Waals surface area (Å²) in [6.07, 6.45) is 1.10. The number of fused-ring (bicyclic) bond motifs is 2. The van der Waals surface area contributed by atoms with Crippen LogP contribution in [0.2, 0.25) is 5.82 Å². The molecule has 2 aromatic carbocycles. The van der Waals surface area contributed by atoms with Gasteiger partial charge in [-0.15, -0.1) is 0 Å². The highest BCUT2D eigenvalue weighted by molar-refractivity contribution is 6.47. The molecule has 156 valence electrons. The van der Waals surface area contributed by atoms with Gasteiger partial charge in [0.2, 0.25) is 0 Å². The third kappa shape index (κ3) is 4.19. The maximum Gasteiger partial charge on any atom is 0.526 e. The van der Waals surface area contributed by atoms with Crippen LogP contribution in [0.25, 0.3) is 0 Å². The Kier molecular flexibility index (Phi) is 6.04. The molecule has 2 heterocycles. The molecule has 2 aromatic rings. The van der Waals surface area contributed by atoms with Gasteiger partial charge in [0.05, 0.1) is 5.56 Å². The number of ketones is 2. The molecule has 2 atom stereocenters. The highest BCUT2D eigenvalue weighted by Crippen LogP contribution is 2.36. The molecular weight excluding hydrogens is 379 g/mol. The lowest BCUT2D eigenvalue weighted by atomic mass is 9.64. The highest BCUT2D eigenvalue weighted by atomic mass is 16.5. The van der Waals surface area contributed by atoms with E-state index in [1.807, 2.05) is 25.2 Å². The summed E-state index contributed by atoms with van der Waals surface area (Å²) in [5, 5.41) is 17.1. The standard InChI is InChI=1S/C23H27BN2O4/c1-14(27)20-5-3-4-16-10-18(24(29)30-23(16)20)11-19(28)9-15-6-7-21-17(8-15)12-26-22(21)13-25-2/h3-8,18,22,25-26,29H,9-13H2,1-2H3/t18-,22?/m1/s1. The van der Waals surface area contributed by atoms with Crippen LogP contribution in [0, 0.1) is 0 Å². The van der Waals surface area contributed by atoms with Crippen molar-refractivity contribution in [2.24, 2.45) is 0 Å². The maximum atomic E-state index is 12.7. The minimum atomic E-state index is -1.09. The fraction of sp³-hybridized carbons (Fsp3) is 0.391. The Morgan fingerprint density at radius 2 is 2.10 bits per heavy atom. The molecular formula is C23H27BN2O4. The Hall–Kier alpha value is -2.48. The zero-order valence-corrected chi connectivity index (χ0v) is 17.4. The number of rotatable bonds is 7. The number of carbonyl (C=O) groups excluding carboxylic acids is 2. The molecule has 0 saturated heterocycles. The van der Waals surface area contributed by atoms with Crippen LogP contribution in [0.3, 0.4) is 0 Å². The van der Waals surface area contributed by atoms with Crippen molar-refractivity contribution in [2.45, 2.75) is 44.6 Å². The van der Waals surface area contributed by atoms with E-state index in [2.05, 4.69) is 22.8 Å². The van der Waals surface area contributed by atoms with E-state index >= 15 is 0 Å². The number of carbonyl (C=O) groups is 2. The monoisotopic (exact) mass is 406 g/mol. The number of likely N-dealkylation sites (N-methyl/N-ethyl adjacent to an activating group) is 1. The minimum absolute atomic E-state index is 0.0755. The van der Waals surface area contributed by atoms with Crippen molar-refractivity contribution >= 4 is 18.7 Å². The molecule has 30 heavy (non-hydrogen) atoms. The van der Waals surface area contributed by atoms with E-state index in [9.17, 15) is 14.6 Å². The molecule has 0 aliphatic carbocycles. The molecule has 0 spiro atoms. The summed E-state index contributed by atoms with van der Waals surface area (Å²) in [5.74, 6) is 0.106. The SMILES string of the molecule is CNCC1NCc2cc(CC(=O)C[C@H]3Cc4cccc(C(C)=O)c4OB3O)ccc21. The number of hydrogen-bond acceptors (Lipinski definition) is 6. The summed E-state index contributed by atoms with van der Waals surface area (Å²) >= 11 is 0. The van der Waals surface area contributed by atoms with Crippen molar-refractivity contribution in [3.05, 3.63) is 64.2 Å². The topological polar surface area (TPSA) is 87.7 Å². The van der Waals surface area contributed by atoms with Crippen molar-refractivity contribution in [1.82, 2.24) is 10.6 Å². The van der Waals surface area contributed by atoms with Crippen molar-refractivity contribution in [3.8, 4) is 5.75 Å². The molecule has 1 unspecified atom stereocenters. The van der Waals surface area contributed by atoms with Gasteiger partial charge in [0.1, 0.15) is 11.5 Å². The average molecular weight is 406 g/mol. The summed E-state index contributed by atoms with van der Waals surface area (Å²) < 4.78 is 5.65. The van der Waals surface area contributed by atoms with Crippen LogP contribution in [0.15, 0.2) is 36.4 Å². The van der Waals surface area contributed by atoms with Gasteiger partial charge < -0.3 is 20.3 Å². The Bertz CT molecular complexity index is 978. The molecule has 0 bridgehead atoms. The van der Waals surface area contributed by atoms with Gasteiger partial charge in [0, 0.05) is 37.8 Å². The number of benzene rings is 2. The second kappa shape index (κ2) is 8.72. The molecule has 6 nitrogen and oxygen atoms in total. The molecule has 0 fully saturated rings. The van der Waals surface area contributed by atoms with Gasteiger partial charge in [-0.05, 0) is 48.7 Å². The van der Waals surface area contributed by atoms with Crippen LogP contribution < -0.4 is 15.3 Å². The van der Waals surface area contributed by atoms with Crippen LogP contribution in [0.1, 0.15) is 52.0 Å². The molecule has 2 aliphatic heterocycles. The summed E-state index contributed by atoms with van der Waals surface area (Å²) in [6.45, 7) is 3.17. The molecule has 7 heteroatoms. The second-order valence-corrected chi connectivity index (χ2v) is 8.27. The van der Waals surface area contributed by atoms with Crippen LogP contribution in [-0.2, 0) is 24.2 Å². The van der Waals surface area contributed by atoms with Crippen LogP contribution in [-0.4, -0.2) is 37.3 Å². The van der Waals surface area contributed by atoms with Gasteiger partial charge in [-0.25, -0.2) is 0 Å². The molecule has 4 rings (SSSR count). The summed E-state index contributed by atoms with van der Waals surface area (Å²) in [5.41, 5.74) is 4.86. The molecule has 2 aliphatic rings. The average Bonchev–Trinajstić information content (AvgIpc) is 3.10. The van der Waals surface area contributed by atoms with E-state index < -0.39 is 7.12 Å². The predicted octanol–water partition coefficient (Wildman–Crippen LogP) is 2.24. The van der Waals surface area contributed by atoms with E-state index in [4.69, 9.17) is 4.65 Å². The lowest BCUT2D eigenvalue weighted by Gasteiger charge is -2.28. The number of para-hydroxylation sites is 1. The number of nitrogens with one attached hydrogen (secondary N) is 2. The van der Waals surface area contributed by atoms with Gasteiger partial charge in [0.15, 0.2) is 5.78 Å². The van der Waals surface area contributed by atoms with Crippen molar-refractivity contribution in [2.75, 3.05) is 13.6 Å². The first-order valence-electron chi connectivity index (χ1n) is 10.4. The Morgan fingerprint density at radius 1 is 1.27 bits per heavy atom. The fourth-order valence-corrected chi connectivity index (χ4v) is 4.52. The first-order chi connectivity index (χ1) is 14.5. The summed E-state index contributed by atoms with van der Waals surface area (Å²) in [4.78, 5) is 24.5. The van der Waals surface area contributed by atoms with E-state index in [0.717, 1.165) is 24.2 Å². The quantitative estimate of drug-likeness (QED) is 0.483. The summed E-state index contributed by atoms with van der Waals surface area (Å²) in [7, 11) is 0.851. The molecule has 0 aromatic heterocycles. The van der Waals surface area contributed by atoms with E-state index in [0.29, 0.717) is 30.2 Å². The maximum absolute atomic E-state index is 12.7. The Balaban J connectivity index is 1.41. The third-order valence-corrected chi connectivity index (χ3v) is 6.02. The van der Waals surface area contributed by atoms with Crippen molar-refractivity contribution < 1.29 is 19.3 Å². The van der Waals surface area contributed by atoms with Crippen molar-refractivity contribution in [3.63, 3.8) is 0 Å². The van der Waals surface area contributed by atoms with Crippen LogP contribution in [0.5, 0.6) is 5.75 Å². The highest BCUT2D eigenvalue weighted by Gasteiger charge is 2.37. The van der Waals surface area contributed by atoms with Gasteiger partial charge in [-0.2, -0.15) is 0 Å². The molecule has 3 N–H and O–H groups in total. The molecule has 0 saturated carbocycles. The minimum Gasteiger partial charge on any atom is -0.535 e. The third-order valence-electron chi connectivity index (χ3n) is 6.02. The van der Waals surface area contributed by atoms with Gasteiger partial charge >= 0.3 is 7.12 Å². The fourth-order valence-electron chi connectivity index (χ4n) is 4.52. The van der Waals surface area contributed by atoms with Gasteiger partial charge in [-0.3, -0.25) is 9.59 Å². The van der Waals surface area contributed by atoms with Crippen LogP contribution in [0.4, 0.5) is 0 Å². The van der Waals surface area contributed by atoms with E-state index in [1.54, 1.807) is 6.07 Å². The van der Waals surface area contributed by atoms with Crippen LogP contribution >= 0.6 is 0 Å². The van der Waals surface area contributed by atoms with E-state index in [-0.39, 0.29) is 23.8 Å². The van der Waals surface area contributed by atoms with E-state index in [1.165, 1.54) is 18.1 Å². The largest absolute Gasteiger partial charge is 0.535 e. The Labute approximate surface area is 177 Å². The van der Waals surface area contributed by atoms with Gasteiger partial charge in [0.25, 0.3) is 0 Å². The zero-order valence-electron chi connectivity index (χ0n) is 17.4. The predicted molar refractivity (Wildman–Crippen MR) is 116 cm³/mol. The molecule has 0 radical (unpaired) electrons.